The third kappa shape index (κ3) is 11.7. The SMILES string of the molecule is CC(C)C(NC(=O)C(CC(=O)O)NC(=O)C(CCCN=C(N)N)NC(=O)C(N)Cc1ccccc1)C(=O)O. The normalized spacial score (nSPS) is 13.9. The van der Waals surface area contributed by atoms with Crippen molar-refractivity contribution in [2.24, 2.45) is 28.1 Å². The van der Waals surface area contributed by atoms with Crippen molar-refractivity contribution in [1.82, 2.24) is 16.0 Å². The van der Waals surface area contributed by atoms with Crippen LogP contribution in [0.1, 0.15) is 38.7 Å². The largest absolute Gasteiger partial charge is 0.481 e. The molecule has 3 amide bonds. The summed E-state index contributed by atoms with van der Waals surface area (Å²) in [5.74, 6) is -5.87. The van der Waals surface area contributed by atoms with E-state index in [-0.39, 0.29) is 31.8 Å². The Kier molecular flexibility index (Phi) is 13.2. The number of hydrogen-bond donors (Lipinski definition) is 8. The first kappa shape index (κ1) is 31.8. The highest BCUT2D eigenvalue weighted by Crippen LogP contribution is 2.07. The summed E-state index contributed by atoms with van der Waals surface area (Å²) >= 11 is 0. The molecule has 0 saturated heterocycles. The number of carbonyl (C=O) groups is 5. The second-order valence-electron chi connectivity index (χ2n) is 9.03. The third-order valence-electron chi connectivity index (χ3n) is 5.46. The fourth-order valence-corrected chi connectivity index (χ4v) is 3.44. The van der Waals surface area contributed by atoms with E-state index in [0.29, 0.717) is 0 Å². The number of aliphatic imine (C=N–C) groups is 1. The summed E-state index contributed by atoms with van der Waals surface area (Å²) in [6.07, 6.45) is -0.318. The first-order chi connectivity index (χ1) is 17.8. The minimum absolute atomic E-state index is 0.0393. The van der Waals surface area contributed by atoms with Crippen molar-refractivity contribution in [2.45, 2.75) is 63.7 Å². The summed E-state index contributed by atoms with van der Waals surface area (Å²) in [5, 5.41) is 25.7. The van der Waals surface area contributed by atoms with Gasteiger partial charge < -0.3 is 43.4 Å². The number of carboxylic acids is 2. The zero-order valence-electron chi connectivity index (χ0n) is 21.4. The van der Waals surface area contributed by atoms with Crippen LogP contribution in [0.25, 0.3) is 0 Å². The Balaban J connectivity index is 3.03. The van der Waals surface area contributed by atoms with Gasteiger partial charge in [-0.15, -0.1) is 0 Å². The van der Waals surface area contributed by atoms with Gasteiger partial charge in [-0.25, -0.2) is 4.79 Å². The molecule has 0 radical (unpaired) electrons. The molecule has 0 spiro atoms. The second kappa shape index (κ2) is 15.8. The molecule has 4 unspecified atom stereocenters. The van der Waals surface area contributed by atoms with Gasteiger partial charge in [-0.05, 0) is 30.7 Å². The molecule has 0 aliphatic carbocycles. The summed E-state index contributed by atoms with van der Waals surface area (Å²) in [5.41, 5.74) is 17.5. The maximum absolute atomic E-state index is 13.1. The molecule has 38 heavy (non-hydrogen) atoms. The smallest absolute Gasteiger partial charge is 0.326 e. The monoisotopic (exact) mass is 535 g/mol. The Morgan fingerprint density at radius 2 is 1.47 bits per heavy atom. The first-order valence-corrected chi connectivity index (χ1v) is 12.0. The molecule has 0 bridgehead atoms. The number of amides is 3. The summed E-state index contributed by atoms with van der Waals surface area (Å²) in [6, 6.07) is 3.89. The van der Waals surface area contributed by atoms with Gasteiger partial charge in [-0.3, -0.25) is 24.2 Å². The van der Waals surface area contributed by atoms with Crippen LogP contribution >= 0.6 is 0 Å². The van der Waals surface area contributed by atoms with Gasteiger partial charge in [0.2, 0.25) is 17.7 Å². The molecule has 14 heteroatoms. The van der Waals surface area contributed by atoms with Gasteiger partial charge in [0, 0.05) is 6.54 Å². The van der Waals surface area contributed by atoms with Crippen molar-refractivity contribution in [1.29, 1.82) is 0 Å². The van der Waals surface area contributed by atoms with Crippen LogP contribution in [-0.2, 0) is 30.4 Å². The van der Waals surface area contributed by atoms with Crippen molar-refractivity contribution in [3.8, 4) is 0 Å². The molecule has 14 nitrogen and oxygen atoms in total. The molecule has 0 aliphatic rings. The minimum Gasteiger partial charge on any atom is -0.481 e. The fourth-order valence-electron chi connectivity index (χ4n) is 3.44. The standard InChI is InChI=1S/C24H37N7O7/c1-13(2)19(23(37)38)31-22(36)17(12-18(32)33)30-21(35)16(9-6-10-28-24(26)27)29-20(34)15(25)11-14-7-4-3-5-8-14/h3-5,7-8,13,15-17,19H,6,9-12,25H2,1-2H3,(H,29,34)(H,30,35)(H,31,36)(H,32,33)(H,37,38)(H4,26,27,28). The lowest BCUT2D eigenvalue weighted by Gasteiger charge is -2.25. The summed E-state index contributed by atoms with van der Waals surface area (Å²) in [6.45, 7) is 3.27. The number of hydrogen-bond acceptors (Lipinski definition) is 7. The molecule has 0 heterocycles. The number of carbonyl (C=O) groups excluding carboxylic acids is 3. The van der Waals surface area contributed by atoms with Gasteiger partial charge in [-0.2, -0.15) is 0 Å². The second-order valence-corrected chi connectivity index (χ2v) is 9.03. The van der Waals surface area contributed by atoms with Crippen LogP contribution in [0.5, 0.6) is 0 Å². The number of nitrogens with one attached hydrogen (secondary N) is 3. The minimum atomic E-state index is -1.60. The zero-order valence-corrected chi connectivity index (χ0v) is 21.4. The quantitative estimate of drug-likeness (QED) is 0.0675. The molecule has 0 aliphatic heterocycles. The number of nitrogens with two attached hydrogens (primary N) is 3. The number of carboxylic acid groups (broad SMARTS) is 2. The number of nitrogens with zero attached hydrogens (tertiary/aromatic N) is 1. The van der Waals surface area contributed by atoms with Crippen LogP contribution in [0.15, 0.2) is 35.3 Å². The lowest BCUT2D eigenvalue weighted by Crippen LogP contribution is -2.58. The van der Waals surface area contributed by atoms with Crippen LogP contribution < -0.4 is 33.2 Å². The van der Waals surface area contributed by atoms with Crippen LogP contribution in [-0.4, -0.2) is 76.5 Å². The third-order valence-corrected chi connectivity index (χ3v) is 5.46. The Labute approximate surface area is 220 Å². The maximum atomic E-state index is 13.1. The van der Waals surface area contributed by atoms with Crippen molar-refractivity contribution in [3.63, 3.8) is 0 Å². The lowest BCUT2D eigenvalue weighted by atomic mass is 10.0. The molecule has 0 aromatic heterocycles. The van der Waals surface area contributed by atoms with E-state index in [0.717, 1.165) is 5.56 Å². The van der Waals surface area contributed by atoms with E-state index in [4.69, 9.17) is 17.2 Å². The molecular formula is C24H37N7O7. The predicted molar refractivity (Wildman–Crippen MR) is 139 cm³/mol. The van der Waals surface area contributed by atoms with Gasteiger partial charge in [0.1, 0.15) is 18.1 Å². The summed E-state index contributed by atoms with van der Waals surface area (Å²) in [7, 11) is 0. The van der Waals surface area contributed by atoms with Gasteiger partial charge in [0.25, 0.3) is 0 Å². The molecule has 4 atom stereocenters. The van der Waals surface area contributed by atoms with Crippen molar-refractivity contribution < 1.29 is 34.2 Å². The fraction of sp³-hybridized carbons (Fsp3) is 0.500. The zero-order chi connectivity index (χ0) is 28.8. The van der Waals surface area contributed by atoms with Crippen LogP contribution in [0.2, 0.25) is 0 Å². The maximum Gasteiger partial charge on any atom is 0.326 e. The molecule has 1 aromatic carbocycles. The summed E-state index contributed by atoms with van der Waals surface area (Å²) < 4.78 is 0. The van der Waals surface area contributed by atoms with Crippen LogP contribution in [0, 0.1) is 5.92 Å². The summed E-state index contributed by atoms with van der Waals surface area (Å²) in [4.78, 5) is 65.2. The highest BCUT2D eigenvalue weighted by atomic mass is 16.4. The first-order valence-electron chi connectivity index (χ1n) is 12.0. The Hall–Kier alpha value is -4.20. The average Bonchev–Trinajstić information content (AvgIpc) is 2.83. The number of guanidine groups is 1. The number of rotatable bonds is 16. The molecule has 0 fully saturated rings. The topological polar surface area (TPSA) is 252 Å². The highest BCUT2D eigenvalue weighted by Gasteiger charge is 2.32. The van der Waals surface area contributed by atoms with Crippen molar-refractivity contribution in [3.05, 3.63) is 35.9 Å². The van der Waals surface area contributed by atoms with E-state index in [1.54, 1.807) is 38.1 Å². The van der Waals surface area contributed by atoms with Gasteiger partial charge >= 0.3 is 11.9 Å². The van der Waals surface area contributed by atoms with E-state index in [1.165, 1.54) is 0 Å². The van der Waals surface area contributed by atoms with Crippen LogP contribution in [0.4, 0.5) is 0 Å². The molecule has 1 rings (SSSR count). The Morgan fingerprint density at radius 3 is 2.00 bits per heavy atom. The van der Waals surface area contributed by atoms with E-state index >= 15 is 0 Å². The lowest BCUT2D eigenvalue weighted by molar-refractivity contribution is -0.144. The van der Waals surface area contributed by atoms with E-state index in [9.17, 15) is 34.2 Å². The molecule has 0 saturated carbocycles. The molecule has 1 aromatic rings. The van der Waals surface area contributed by atoms with E-state index in [1.807, 2.05) is 6.07 Å². The average molecular weight is 536 g/mol. The number of benzene rings is 1. The Morgan fingerprint density at radius 1 is 0.895 bits per heavy atom. The van der Waals surface area contributed by atoms with Gasteiger partial charge in [0.05, 0.1) is 12.5 Å². The van der Waals surface area contributed by atoms with E-state index in [2.05, 4.69) is 20.9 Å². The van der Waals surface area contributed by atoms with E-state index < -0.39 is 66.2 Å². The highest BCUT2D eigenvalue weighted by molar-refractivity contribution is 5.95. The Bertz CT molecular complexity index is 997. The molecular weight excluding hydrogens is 498 g/mol. The molecule has 210 valence electrons. The predicted octanol–water partition coefficient (Wildman–Crippen LogP) is -1.72. The van der Waals surface area contributed by atoms with Crippen LogP contribution in [0.3, 0.4) is 0 Å². The number of aliphatic carboxylic acids is 2. The van der Waals surface area contributed by atoms with Crippen molar-refractivity contribution >= 4 is 35.6 Å². The van der Waals surface area contributed by atoms with Gasteiger partial charge in [0.15, 0.2) is 5.96 Å². The van der Waals surface area contributed by atoms with Crippen molar-refractivity contribution in [2.75, 3.05) is 6.54 Å². The molecule has 11 N–H and O–H groups in total. The van der Waals surface area contributed by atoms with Gasteiger partial charge in [-0.1, -0.05) is 44.2 Å².